The van der Waals surface area contributed by atoms with Gasteiger partial charge in [-0.2, -0.15) is 0 Å². The minimum atomic E-state index is -0.580. The highest BCUT2D eigenvalue weighted by atomic mass is 16.5. The summed E-state index contributed by atoms with van der Waals surface area (Å²) in [4.78, 5) is 19.2. The zero-order chi connectivity index (χ0) is 13.5. The molecule has 0 saturated carbocycles. The fourth-order valence-corrected chi connectivity index (χ4v) is 1.45. The van der Waals surface area contributed by atoms with Crippen LogP contribution in [0.2, 0.25) is 0 Å². The van der Waals surface area contributed by atoms with Gasteiger partial charge in [0.05, 0.1) is 0 Å². The molecule has 0 spiro atoms. The minimum Gasteiger partial charge on any atom is -0.457 e. The number of carbonyl (C=O) groups is 1. The molecule has 2 N–H and O–H groups in total. The molecule has 0 amide bonds. The van der Waals surface area contributed by atoms with Crippen molar-refractivity contribution < 1.29 is 9.53 Å². The van der Waals surface area contributed by atoms with Crippen LogP contribution in [0.3, 0.4) is 0 Å². The highest BCUT2D eigenvalue weighted by Crippen LogP contribution is 2.05. The Balaban J connectivity index is 1.88. The van der Waals surface area contributed by atoms with Crippen LogP contribution in [0.1, 0.15) is 16.1 Å². The number of nitrogen functional groups attached to an aromatic ring is 1. The van der Waals surface area contributed by atoms with E-state index >= 15 is 0 Å². The van der Waals surface area contributed by atoms with Gasteiger partial charge in [-0.25, -0.2) is 14.8 Å². The SMILES string of the molecule is Nc1nccnc1C(=O)OC/C=C/c1ccccc1. The Morgan fingerprint density at radius 2 is 1.95 bits per heavy atom. The summed E-state index contributed by atoms with van der Waals surface area (Å²) in [6.45, 7) is 0.156. The summed E-state index contributed by atoms with van der Waals surface area (Å²) in [5.41, 5.74) is 6.60. The summed E-state index contributed by atoms with van der Waals surface area (Å²) in [6.07, 6.45) is 6.43. The van der Waals surface area contributed by atoms with Crippen molar-refractivity contribution in [3.63, 3.8) is 0 Å². The molecule has 2 rings (SSSR count). The number of hydrogen-bond donors (Lipinski definition) is 1. The normalized spacial score (nSPS) is 10.5. The molecule has 0 aliphatic rings. The number of esters is 1. The number of carbonyl (C=O) groups excluding carboxylic acids is 1. The number of aromatic nitrogens is 2. The largest absolute Gasteiger partial charge is 0.457 e. The zero-order valence-corrected chi connectivity index (χ0v) is 10.2. The third-order valence-corrected chi connectivity index (χ3v) is 2.34. The first kappa shape index (κ1) is 12.8. The van der Waals surface area contributed by atoms with Crippen molar-refractivity contribution >= 4 is 17.9 Å². The Morgan fingerprint density at radius 1 is 1.21 bits per heavy atom. The van der Waals surface area contributed by atoms with Crippen molar-refractivity contribution in [1.82, 2.24) is 9.97 Å². The van der Waals surface area contributed by atoms with E-state index in [-0.39, 0.29) is 18.1 Å². The standard InChI is InChI=1S/C14H13N3O2/c15-13-12(16-8-9-17-13)14(18)19-10-4-7-11-5-2-1-3-6-11/h1-9H,10H2,(H2,15,17)/b7-4+. The van der Waals surface area contributed by atoms with Crippen LogP contribution in [-0.4, -0.2) is 22.5 Å². The molecule has 5 heteroatoms. The predicted octanol–water partition coefficient (Wildman–Crippen LogP) is 1.93. The average molecular weight is 255 g/mol. The van der Waals surface area contributed by atoms with E-state index < -0.39 is 5.97 Å². The van der Waals surface area contributed by atoms with E-state index in [1.54, 1.807) is 6.08 Å². The third kappa shape index (κ3) is 3.64. The third-order valence-electron chi connectivity index (χ3n) is 2.34. The Hall–Kier alpha value is -2.69. The maximum Gasteiger partial charge on any atom is 0.361 e. The monoisotopic (exact) mass is 255 g/mol. The maximum absolute atomic E-state index is 11.6. The smallest absolute Gasteiger partial charge is 0.361 e. The first-order valence-electron chi connectivity index (χ1n) is 5.72. The quantitative estimate of drug-likeness (QED) is 0.844. The highest BCUT2D eigenvalue weighted by Gasteiger charge is 2.12. The van der Waals surface area contributed by atoms with Crippen LogP contribution in [0, 0.1) is 0 Å². The topological polar surface area (TPSA) is 78.1 Å². The molecule has 0 saturated heterocycles. The Labute approximate surface area is 110 Å². The van der Waals surface area contributed by atoms with Crippen LogP contribution in [0.25, 0.3) is 6.08 Å². The summed E-state index contributed by atoms with van der Waals surface area (Å²) < 4.78 is 5.02. The van der Waals surface area contributed by atoms with Crippen molar-refractivity contribution in [3.8, 4) is 0 Å². The number of anilines is 1. The van der Waals surface area contributed by atoms with Crippen LogP contribution in [0.5, 0.6) is 0 Å². The zero-order valence-electron chi connectivity index (χ0n) is 10.2. The summed E-state index contributed by atoms with van der Waals surface area (Å²) in [5.74, 6) is -0.511. The molecular formula is C14H13N3O2. The lowest BCUT2D eigenvalue weighted by Crippen LogP contribution is -2.11. The second-order valence-corrected chi connectivity index (χ2v) is 3.70. The molecular weight excluding hydrogens is 242 g/mol. The fraction of sp³-hybridized carbons (Fsp3) is 0.0714. The van der Waals surface area contributed by atoms with Gasteiger partial charge in [0.15, 0.2) is 11.5 Å². The lowest BCUT2D eigenvalue weighted by Gasteiger charge is -2.02. The number of benzene rings is 1. The lowest BCUT2D eigenvalue weighted by molar-refractivity contribution is 0.0544. The Kier molecular flexibility index (Phi) is 4.23. The molecule has 96 valence electrons. The molecule has 5 nitrogen and oxygen atoms in total. The van der Waals surface area contributed by atoms with E-state index in [2.05, 4.69) is 9.97 Å². The van der Waals surface area contributed by atoms with Crippen molar-refractivity contribution in [3.05, 3.63) is 60.1 Å². The van der Waals surface area contributed by atoms with Crippen LogP contribution in [0.4, 0.5) is 5.82 Å². The summed E-state index contributed by atoms with van der Waals surface area (Å²) in [5, 5.41) is 0. The van der Waals surface area contributed by atoms with Crippen LogP contribution < -0.4 is 5.73 Å². The molecule has 0 aliphatic carbocycles. The first-order valence-corrected chi connectivity index (χ1v) is 5.72. The first-order chi connectivity index (χ1) is 9.27. The molecule has 1 heterocycles. The van der Waals surface area contributed by atoms with Crippen LogP contribution in [-0.2, 0) is 4.74 Å². The summed E-state index contributed by atoms with van der Waals surface area (Å²) >= 11 is 0. The van der Waals surface area contributed by atoms with Gasteiger partial charge in [0, 0.05) is 12.4 Å². The van der Waals surface area contributed by atoms with Crippen molar-refractivity contribution in [2.24, 2.45) is 0 Å². The van der Waals surface area contributed by atoms with E-state index in [9.17, 15) is 4.79 Å². The van der Waals surface area contributed by atoms with Gasteiger partial charge in [-0.15, -0.1) is 0 Å². The summed E-state index contributed by atoms with van der Waals surface area (Å²) in [6, 6.07) is 9.73. The van der Waals surface area contributed by atoms with Crippen molar-refractivity contribution in [2.45, 2.75) is 0 Å². The molecule has 0 aliphatic heterocycles. The van der Waals surface area contributed by atoms with Crippen molar-refractivity contribution in [2.75, 3.05) is 12.3 Å². The molecule has 1 aromatic heterocycles. The van der Waals surface area contributed by atoms with Gasteiger partial charge >= 0.3 is 5.97 Å². The molecule has 1 aromatic carbocycles. The molecule has 0 bridgehead atoms. The van der Waals surface area contributed by atoms with E-state index in [1.807, 2.05) is 36.4 Å². The van der Waals surface area contributed by atoms with Crippen LogP contribution in [0.15, 0.2) is 48.8 Å². The number of rotatable bonds is 4. The van der Waals surface area contributed by atoms with E-state index in [4.69, 9.17) is 10.5 Å². The number of nitrogens with zero attached hydrogens (tertiary/aromatic N) is 2. The molecule has 0 fully saturated rings. The second kappa shape index (κ2) is 6.30. The fourth-order valence-electron chi connectivity index (χ4n) is 1.45. The minimum absolute atomic E-state index is 0.0376. The van der Waals surface area contributed by atoms with Gasteiger partial charge < -0.3 is 10.5 Å². The summed E-state index contributed by atoms with van der Waals surface area (Å²) in [7, 11) is 0. The van der Waals surface area contributed by atoms with Gasteiger partial charge in [-0.3, -0.25) is 0 Å². The molecule has 19 heavy (non-hydrogen) atoms. The van der Waals surface area contributed by atoms with Gasteiger partial charge in [-0.05, 0) is 11.6 Å². The van der Waals surface area contributed by atoms with E-state index in [1.165, 1.54) is 12.4 Å². The number of nitrogens with two attached hydrogens (primary N) is 1. The Bertz CT molecular complexity index is 582. The average Bonchev–Trinajstić information content (AvgIpc) is 2.45. The van der Waals surface area contributed by atoms with E-state index in [0.29, 0.717) is 0 Å². The highest BCUT2D eigenvalue weighted by molar-refractivity contribution is 5.91. The van der Waals surface area contributed by atoms with E-state index in [0.717, 1.165) is 5.56 Å². The number of ether oxygens (including phenoxy) is 1. The van der Waals surface area contributed by atoms with Gasteiger partial charge in [0.25, 0.3) is 0 Å². The maximum atomic E-state index is 11.6. The lowest BCUT2D eigenvalue weighted by atomic mass is 10.2. The predicted molar refractivity (Wildman–Crippen MR) is 72.2 cm³/mol. The van der Waals surface area contributed by atoms with Crippen LogP contribution >= 0.6 is 0 Å². The van der Waals surface area contributed by atoms with Gasteiger partial charge in [0.1, 0.15) is 6.61 Å². The van der Waals surface area contributed by atoms with Gasteiger partial charge in [-0.1, -0.05) is 36.4 Å². The second-order valence-electron chi connectivity index (χ2n) is 3.70. The van der Waals surface area contributed by atoms with Gasteiger partial charge in [0.2, 0.25) is 0 Å². The molecule has 0 atom stereocenters. The molecule has 2 aromatic rings. The Morgan fingerprint density at radius 3 is 2.68 bits per heavy atom. The number of hydrogen-bond acceptors (Lipinski definition) is 5. The molecule has 0 unspecified atom stereocenters. The molecule has 0 radical (unpaired) electrons. The van der Waals surface area contributed by atoms with Crippen molar-refractivity contribution in [1.29, 1.82) is 0 Å².